The fourth-order valence-corrected chi connectivity index (χ4v) is 2.61. The lowest BCUT2D eigenvalue weighted by Gasteiger charge is -2.31. The Balaban J connectivity index is 2.10. The Hall–Kier alpha value is -1.06. The second-order valence-electron chi connectivity index (χ2n) is 4.67. The van der Waals surface area contributed by atoms with Gasteiger partial charge < -0.3 is 15.8 Å². The van der Waals surface area contributed by atoms with Gasteiger partial charge >= 0.3 is 0 Å². The Labute approximate surface area is 103 Å². The Morgan fingerprint density at radius 3 is 2.65 bits per heavy atom. The zero-order valence-electron chi connectivity index (χ0n) is 10.5. The van der Waals surface area contributed by atoms with Gasteiger partial charge in [0.05, 0.1) is 7.11 Å². The summed E-state index contributed by atoms with van der Waals surface area (Å²) in [6.45, 7) is 1.82. The number of rotatable bonds is 4. The molecule has 0 amide bonds. The highest BCUT2D eigenvalue weighted by molar-refractivity contribution is 5.30. The van der Waals surface area contributed by atoms with Crippen LogP contribution in [0.1, 0.15) is 30.7 Å². The molecule has 0 bridgehead atoms. The highest BCUT2D eigenvalue weighted by Crippen LogP contribution is 2.25. The summed E-state index contributed by atoms with van der Waals surface area (Å²) >= 11 is 0. The van der Waals surface area contributed by atoms with E-state index < -0.39 is 0 Å². The molecule has 0 radical (unpaired) electrons. The molecule has 1 aromatic rings. The molecule has 2 rings (SSSR count). The van der Waals surface area contributed by atoms with Crippen LogP contribution in [0, 0.1) is 0 Å². The number of ether oxygens (including phenoxy) is 1. The van der Waals surface area contributed by atoms with Crippen LogP contribution in [0.2, 0.25) is 0 Å². The molecule has 1 aromatic carbocycles. The van der Waals surface area contributed by atoms with E-state index in [2.05, 4.69) is 17.4 Å². The van der Waals surface area contributed by atoms with Gasteiger partial charge in [0.25, 0.3) is 0 Å². The van der Waals surface area contributed by atoms with Gasteiger partial charge in [0.15, 0.2) is 0 Å². The lowest BCUT2D eigenvalue weighted by atomic mass is 9.86. The third-order valence-electron chi connectivity index (χ3n) is 3.63. The van der Waals surface area contributed by atoms with Gasteiger partial charge in [-0.25, -0.2) is 0 Å². The normalized spacial score (nSPS) is 22.1. The SMILES string of the molecule is COc1ccc(C(CN)C2CCCCN2)cc1. The number of hydrogen-bond donors (Lipinski definition) is 2. The summed E-state index contributed by atoms with van der Waals surface area (Å²) in [4.78, 5) is 0. The van der Waals surface area contributed by atoms with Crippen molar-refractivity contribution in [3.8, 4) is 5.75 Å². The summed E-state index contributed by atoms with van der Waals surface area (Å²) in [6.07, 6.45) is 3.83. The van der Waals surface area contributed by atoms with Crippen LogP contribution in [0.4, 0.5) is 0 Å². The molecule has 1 fully saturated rings. The monoisotopic (exact) mass is 234 g/mol. The molecule has 0 aromatic heterocycles. The molecule has 2 atom stereocenters. The summed E-state index contributed by atoms with van der Waals surface area (Å²) in [7, 11) is 1.69. The molecule has 1 aliphatic heterocycles. The third kappa shape index (κ3) is 2.99. The average molecular weight is 234 g/mol. The van der Waals surface area contributed by atoms with Crippen molar-refractivity contribution >= 4 is 0 Å². The molecule has 0 saturated carbocycles. The minimum absolute atomic E-state index is 0.418. The summed E-state index contributed by atoms with van der Waals surface area (Å²) in [6, 6.07) is 8.82. The molecule has 2 unspecified atom stereocenters. The Kier molecular flexibility index (Phi) is 4.40. The predicted octanol–water partition coefficient (Wildman–Crippen LogP) is 1.88. The van der Waals surface area contributed by atoms with Crippen LogP contribution in [0.3, 0.4) is 0 Å². The molecule has 3 heteroatoms. The molecular weight excluding hydrogens is 212 g/mol. The highest BCUT2D eigenvalue weighted by Gasteiger charge is 2.23. The Morgan fingerprint density at radius 2 is 2.12 bits per heavy atom. The van der Waals surface area contributed by atoms with Gasteiger partial charge in [0.2, 0.25) is 0 Å². The van der Waals surface area contributed by atoms with Gasteiger partial charge in [-0.05, 0) is 37.1 Å². The number of hydrogen-bond acceptors (Lipinski definition) is 3. The van der Waals surface area contributed by atoms with Crippen molar-refractivity contribution in [2.45, 2.75) is 31.2 Å². The summed E-state index contributed by atoms with van der Waals surface area (Å²) in [5, 5.41) is 3.59. The quantitative estimate of drug-likeness (QED) is 0.836. The summed E-state index contributed by atoms with van der Waals surface area (Å²) in [5.74, 6) is 1.32. The van der Waals surface area contributed by atoms with Crippen LogP contribution in [0.5, 0.6) is 5.75 Å². The molecule has 3 nitrogen and oxygen atoms in total. The van der Waals surface area contributed by atoms with Crippen LogP contribution in [-0.4, -0.2) is 26.2 Å². The lowest BCUT2D eigenvalue weighted by Crippen LogP contribution is -2.41. The fourth-order valence-electron chi connectivity index (χ4n) is 2.61. The predicted molar refractivity (Wildman–Crippen MR) is 70.4 cm³/mol. The maximum Gasteiger partial charge on any atom is 0.118 e. The Morgan fingerprint density at radius 1 is 1.35 bits per heavy atom. The lowest BCUT2D eigenvalue weighted by molar-refractivity contribution is 0.352. The first-order chi connectivity index (χ1) is 8.35. The van der Waals surface area contributed by atoms with Gasteiger partial charge in [-0.3, -0.25) is 0 Å². The van der Waals surface area contributed by atoms with Crippen LogP contribution in [-0.2, 0) is 0 Å². The largest absolute Gasteiger partial charge is 0.497 e. The van der Waals surface area contributed by atoms with E-state index in [-0.39, 0.29) is 0 Å². The first-order valence-electron chi connectivity index (χ1n) is 6.42. The second-order valence-corrected chi connectivity index (χ2v) is 4.67. The van der Waals surface area contributed by atoms with Crippen LogP contribution in [0.15, 0.2) is 24.3 Å². The van der Waals surface area contributed by atoms with Crippen molar-refractivity contribution in [3.05, 3.63) is 29.8 Å². The molecule has 1 saturated heterocycles. The number of nitrogens with two attached hydrogens (primary N) is 1. The van der Waals surface area contributed by atoms with Crippen LogP contribution in [0.25, 0.3) is 0 Å². The van der Waals surface area contributed by atoms with Crippen molar-refractivity contribution in [1.82, 2.24) is 5.32 Å². The molecule has 3 N–H and O–H groups in total. The maximum atomic E-state index is 5.93. The molecule has 1 aliphatic rings. The fraction of sp³-hybridized carbons (Fsp3) is 0.571. The zero-order valence-corrected chi connectivity index (χ0v) is 10.5. The van der Waals surface area contributed by atoms with Crippen molar-refractivity contribution < 1.29 is 4.74 Å². The molecule has 17 heavy (non-hydrogen) atoms. The molecule has 0 aliphatic carbocycles. The van der Waals surface area contributed by atoms with E-state index in [1.165, 1.54) is 24.8 Å². The smallest absolute Gasteiger partial charge is 0.118 e. The number of nitrogens with one attached hydrogen (secondary N) is 1. The van der Waals surface area contributed by atoms with Gasteiger partial charge in [-0.1, -0.05) is 18.6 Å². The molecule has 0 spiro atoms. The van der Waals surface area contributed by atoms with Crippen LogP contribution < -0.4 is 15.8 Å². The first-order valence-corrected chi connectivity index (χ1v) is 6.42. The summed E-state index contributed by atoms with van der Waals surface area (Å²) in [5.41, 5.74) is 7.25. The summed E-state index contributed by atoms with van der Waals surface area (Å²) < 4.78 is 5.18. The standard InChI is InChI=1S/C14H22N2O/c1-17-12-7-5-11(6-8-12)13(10-15)14-4-2-3-9-16-14/h5-8,13-14,16H,2-4,9-10,15H2,1H3. The van der Waals surface area contributed by atoms with Gasteiger partial charge in [0, 0.05) is 18.5 Å². The van der Waals surface area contributed by atoms with Crippen molar-refractivity contribution in [2.75, 3.05) is 20.2 Å². The van der Waals surface area contributed by atoms with E-state index in [4.69, 9.17) is 10.5 Å². The zero-order chi connectivity index (χ0) is 12.1. The van der Waals surface area contributed by atoms with Crippen molar-refractivity contribution in [3.63, 3.8) is 0 Å². The van der Waals surface area contributed by atoms with Crippen molar-refractivity contribution in [2.24, 2.45) is 5.73 Å². The number of piperidine rings is 1. The van der Waals surface area contributed by atoms with Gasteiger partial charge in [0.1, 0.15) is 5.75 Å². The molecule has 1 heterocycles. The molecular formula is C14H22N2O. The number of benzene rings is 1. The minimum Gasteiger partial charge on any atom is -0.497 e. The maximum absolute atomic E-state index is 5.93. The van der Waals surface area contributed by atoms with E-state index in [1.807, 2.05) is 12.1 Å². The number of methoxy groups -OCH3 is 1. The van der Waals surface area contributed by atoms with E-state index >= 15 is 0 Å². The van der Waals surface area contributed by atoms with E-state index in [9.17, 15) is 0 Å². The second kappa shape index (κ2) is 6.03. The average Bonchev–Trinajstić information content (AvgIpc) is 2.42. The van der Waals surface area contributed by atoms with Crippen LogP contribution >= 0.6 is 0 Å². The first kappa shape index (κ1) is 12.4. The van der Waals surface area contributed by atoms with Gasteiger partial charge in [-0.15, -0.1) is 0 Å². The van der Waals surface area contributed by atoms with Gasteiger partial charge in [-0.2, -0.15) is 0 Å². The van der Waals surface area contributed by atoms with E-state index in [1.54, 1.807) is 7.11 Å². The van der Waals surface area contributed by atoms with E-state index in [0.717, 1.165) is 12.3 Å². The third-order valence-corrected chi connectivity index (χ3v) is 3.63. The van der Waals surface area contributed by atoms with E-state index in [0.29, 0.717) is 18.5 Å². The highest BCUT2D eigenvalue weighted by atomic mass is 16.5. The topological polar surface area (TPSA) is 47.3 Å². The molecule has 94 valence electrons. The Bertz CT molecular complexity index is 331. The minimum atomic E-state index is 0.418. The van der Waals surface area contributed by atoms with Crippen molar-refractivity contribution in [1.29, 1.82) is 0 Å².